The average molecular weight is 261 g/mol. The second-order valence-corrected chi connectivity index (χ2v) is 6.37. The molecule has 0 atom stereocenters. The molecule has 3 nitrogen and oxygen atoms in total. The van der Waals surface area contributed by atoms with Crippen LogP contribution in [0.25, 0.3) is 0 Å². The molecule has 104 valence electrons. The molecule has 1 fully saturated rings. The number of hydrogen-bond donors (Lipinski definition) is 0. The van der Waals surface area contributed by atoms with Crippen LogP contribution in [0.2, 0.25) is 0 Å². The van der Waals surface area contributed by atoms with Crippen molar-refractivity contribution in [2.75, 3.05) is 0 Å². The van der Waals surface area contributed by atoms with Gasteiger partial charge in [-0.1, -0.05) is 13.3 Å². The zero-order valence-electron chi connectivity index (χ0n) is 12.9. The van der Waals surface area contributed by atoms with Crippen molar-refractivity contribution in [3.8, 4) is 0 Å². The van der Waals surface area contributed by atoms with E-state index in [1.165, 1.54) is 0 Å². The maximum Gasteiger partial charge on any atom is 0.495 e. The molecule has 1 aromatic heterocycles. The van der Waals surface area contributed by atoms with Crippen LogP contribution in [-0.2, 0) is 15.7 Å². The minimum Gasteiger partial charge on any atom is -0.399 e. The summed E-state index contributed by atoms with van der Waals surface area (Å²) in [6.07, 6.45) is 4.01. The Bertz CT molecular complexity index is 455. The van der Waals surface area contributed by atoms with Crippen LogP contribution in [-0.4, -0.2) is 23.3 Å². The number of aryl methyl sites for hydroxylation is 2. The monoisotopic (exact) mass is 261 g/mol. The molecule has 4 heteroatoms. The number of hydrogen-bond acceptors (Lipinski definition) is 3. The summed E-state index contributed by atoms with van der Waals surface area (Å²) in [6.45, 7) is 12.5. The summed E-state index contributed by atoms with van der Waals surface area (Å²) in [7, 11) is -0.288. The van der Waals surface area contributed by atoms with E-state index in [9.17, 15) is 0 Å². The molecule has 0 unspecified atom stereocenters. The highest BCUT2D eigenvalue weighted by atomic mass is 16.7. The van der Waals surface area contributed by atoms with Crippen LogP contribution in [0.15, 0.2) is 12.3 Å². The van der Waals surface area contributed by atoms with E-state index in [2.05, 4.69) is 52.6 Å². The van der Waals surface area contributed by atoms with Crippen LogP contribution in [0.4, 0.5) is 0 Å². The van der Waals surface area contributed by atoms with E-state index in [1.807, 2.05) is 6.20 Å². The minimum atomic E-state index is -0.293. The van der Waals surface area contributed by atoms with E-state index in [1.54, 1.807) is 0 Å². The fraction of sp³-hybridized carbons (Fsp3) is 0.667. The molecule has 1 aliphatic rings. The van der Waals surface area contributed by atoms with Gasteiger partial charge >= 0.3 is 7.12 Å². The van der Waals surface area contributed by atoms with Crippen LogP contribution >= 0.6 is 0 Å². The van der Waals surface area contributed by atoms with E-state index in [0.29, 0.717) is 0 Å². The van der Waals surface area contributed by atoms with Gasteiger partial charge in [-0.05, 0) is 58.1 Å². The van der Waals surface area contributed by atoms with Gasteiger partial charge in [0, 0.05) is 11.9 Å². The summed E-state index contributed by atoms with van der Waals surface area (Å²) < 4.78 is 12.2. The van der Waals surface area contributed by atoms with Crippen LogP contribution in [0.1, 0.15) is 52.3 Å². The molecule has 0 aromatic carbocycles. The molecule has 0 amide bonds. The van der Waals surface area contributed by atoms with E-state index in [-0.39, 0.29) is 18.3 Å². The highest BCUT2D eigenvalue weighted by Crippen LogP contribution is 2.36. The molecule has 1 aromatic rings. The van der Waals surface area contributed by atoms with Gasteiger partial charge in [0.15, 0.2) is 0 Å². The van der Waals surface area contributed by atoms with Crippen molar-refractivity contribution in [3.05, 3.63) is 23.5 Å². The van der Waals surface area contributed by atoms with Crippen LogP contribution in [0.5, 0.6) is 0 Å². The Kier molecular flexibility index (Phi) is 3.76. The van der Waals surface area contributed by atoms with E-state index in [4.69, 9.17) is 9.31 Å². The van der Waals surface area contributed by atoms with Crippen molar-refractivity contribution < 1.29 is 9.31 Å². The average Bonchev–Trinajstić information content (AvgIpc) is 2.51. The Morgan fingerprint density at radius 3 is 2.26 bits per heavy atom. The highest BCUT2D eigenvalue weighted by Gasteiger charge is 2.52. The summed E-state index contributed by atoms with van der Waals surface area (Å²) in [6, 6.07) is 2.13. The first kappa shape index (κ1) is 14.5. The first-order chi connectivity index (χ1) is 8.77. The topological polar surface area (TPSA) is 31.4 Å². The summed E-state index contributed by atoms with van der Waals surface area (Å²) in [5, 5.41) is 0. The molecular formula is C15H24BNO2. The Labute approximate surface area is 116 Å². The first-order valence-electron chi connectivity index (χ1n) is 7.08. The third-order valence-corrected chi connectivity index (χ3v) is 4.21. The number of nitrogens with zero attached hydrogens (tertiary/aromatic N) is 1. The molecule has 0 bridgehead atoms. The van der Waals surface area contributed by atoms with Gasteiger partial charge in [-0.3, -0.25) is 4.98 Å². The summed E-state index contributed by atoms with van der Waals surface area (Å²) >= 11 is 0. The standard InChI is InChI=1S/C15H24BNO2/c1-7-8-12-9-13(11(2)10-17-12)16-18-14(3,4)15(5,6)19-16/h9-10H,7-8H2,1-6H3. The quantitative estimate of drug-likeness (QED) is 0.784. The molecule has 2 heterocycles. The maximum atomic E-state index is 6.11. The molecule has 2 rings (SSSR count). The van der Waals surface area contributed by atoms with Gasteiger partial charge in [0.1, 0.15) is 0 Å². The molecule has 0 saturated carbocycles. The van der Waals surface area contributed by atoms with Crippen molar-refractivity contribution >= 4 is 12.6 Å². The van der Waals surface area contributed by atoms with Gasteiger partial charge in [-0.15, -0.1) is 0 Å². The van der Waals surface area contributed by atoms with Gasteiger partial charge < -0.3 is 9.31 Å². The number of aromatic nitrogens is 1. The summed E-state index contributed by atoms with van der Waals surface area (Å²) in [5.74, 6) is 0. The Morgan fingerprint density at radius 1 is 1.16 bits per heavy atom. The number of rotatable bonds is 3. The van der Waals surface area contributed by atoms with E-state index < -0.39 is 0 Å². The zero-order valence-corrected chi connectivity index (χ0v) is 12.9. The second kappa shape index (κ2) is 4.91. The largest absolute Gasteiger partial charge is 0.495 e. The van der Waals surface area contributed by atoms with Gasteiger partial charge in [-0.25, -0.2) is 0 Å². The van der Waals surface area contributed by atoms with Gasteiger partial charge in [0.2, 0.25) is 0 Å². The van der Waals surface area contributed by atoms with Crippen molar-refractivity contribution in [3.63, 3.8) is 0 Å². The fourth-order valence-corrected chi connectivity index (χ4v) is 2.20. The van der Waals surface area contributed by atoms with E-state index in [0.717, 1.165) is 29.6 Å². The van der Waals surface area contributed by atoms with Crippen LogP contribution < -0.4 is 5.46 Å². The summed E-state index contributed by atoms with van der Waals surface area (Å²) in [4.78, 5) is 4.46. The second-order valence-electron chi connectivity index (χ2n) is 6.37. The lowest BCUT2D eigenvalue weighted by atomic mass is 9.76. The molecule has 0 spiro atoms. The van der Waals surface area contributed by atoms with E-state index >= 15 is 0 Å². The first-order valence-corrected chi connectivity index (χ1v) is 7.08. The van der Waals surface area contributed by atoms with Crippen molar-refractivity contribution in [2.45, 2.75) is 65.6 Å². The summed E-state index contributed by atoms with van der Waals surface area (Å²) in [5.41, 5.74) is 2.75. The lowest BCUT2D eigenvalue weighted by Gasteiger charge is -2.32. The zero-order chi connectivity index (χ0) is 14.3. The van der Waals surface area contributed by atoms with Crippen LogP contribution in [0, 0.1) is 6.92 Å². The highest BCUT2D eigenvalue weighted by molar-refractivity contribution is 6.62. The molecular weight excluding hydrogens is 237 g/mol. The van der Waals surface area contributed by atoms with Gasteiger partial charge in [0.25, 0.3) is 0 Å². The molecule has 0 radical (unpaired) electrons. The Balaban J connectivity index is 2.31. The lowest BCUT2D eigenvalue weighted by molar-refractivity contribution is 0.00578. The van der Waals surface area contributed by atoms with Crippen LogP contribution in [0.3, 0.4) is 0 Å². The Hall–Kier alpha value is -0.865. The molecule has 19 heavy (non-hydrogen) atoms. The van der Waals surface area contributed by atoms with Crippen molar-refractivity contribution in [2.24, 2.45) is 0 Å². The third-order valence-electron chi connectivity index (χ3n) is 4.21. The lowest BCUT2D eigenvalue weighted by Crippen LogP contribution is -2.41. The van der Waals surface area contributed by atoms with Crippen molar-refractivity contribution in [1.29, 1.82) is 0 Å². The van der Waals surface area contributed by atoms with Gasteiger partial charge in [0.05, 0.1) is 11.2 Å². The fourth-order valence-electron chi connectivity index (χ4n) is 2.20. The normalized spacial score (nSPS) is 20.8. The number of pyridine rings is 1. The minimum absolute atomic E-state index is 0.288. The molecule has 0 aliphatic carbocycles. The smallest absolute Gasteiger partial charge is 0.399 e. The molecule has 1 aliphatic heterocycles. The maximum absolute atomic E-state index is 6.11. The Morgan fingerprint density at radius 2 is 1.74 bits per heavy atom. The van der Waals surface area contributed by atoms with Gasteiger partial charge in [-0.2, -0.15) is 0 Å². The predicted octanol–water partition coefficient (Wildman–Crippen LogP) is 2.64. The predicted molar refractivity (Wildman–Crippen MR) is 78.7 cm³/mol. The SMILES string of the molecule is CCCc1cc(B2OC(C)(C)C(C)(C)O2)c(C)cn1. The molecule has 1 saturated heterocycles. The van der Waals surface area contributed by atoms with Crippen molar-refractivity contribution in [1.82, 2.24) is 4.98 Å². The third kappa shape index (κ3) is 2.70. The molecule has 0 N–H and O–H groups in total.